The number of likely N-dealkylation sites (tertiary alicyclic amines) is 1. The molecule has 1 aromatic rings. The maximum atomic E-state index is 12.8. The molecule has 3 amide bonds. The summed E-state index contributed by atoms with van der Waals surface area (Å²) in [6.45, 7) is 1.11. The summed E-state index contributed by atoms with van der Waals surface area (Å²) in [6, 6.07) is 7.37. The van der Waals surface area contributed by atoms with Crippen molar-refractivity contribution in [1.82, 2.24) is 4.90 Å². The number of esters is 1. The number of hydrogen-bond donors (Lipinski definition) is 1. The Morgan fingerprint density at radius 3 is 2.17 bits per heavy atom. The first-order chi connectivity index (χ1) is 14.3. The predicted molar refractivity (Wildman–Crippen MR) is 116 cm³/mol. The van der Waals surface area contributed by atoms with Crippen molar-refractivity contribution >= 4 is 61.2 Å². The first-order valence-electron chi connectivity index (χ1n) is 9.99. The maximum Gasteiger partial charge on any atom is 0.326 e. The molecule has 1 aliphatic heterocycles. The minimum Gasteiger partial charge on any atom is -0.454 e. The van der Waals surface area contributed by atoms with Gasteiger partial charge in [0.25, 0.3) is 5.91 Å². The zero-order valence-corrected chi connectivity index (χ0v) is 19.5. The Balaban J connectivity index is 1.29. The second-order valence-electron chi connectivity index (χ2n) is 8.03. The molecular formula is C21H22Br2N2O5. The lowest BCUT2D eigenvalue weighted by molar-refractivity contribution is -0.154. The highest BCUT2D eigenvalue weighted by atomic mass is 79.9. The minimum atomic E-state index is -0.772. The van der Waals surface area contributed by atoms with Crippen molar-refractivity contribution in [1.29, 1.82) is 0 Å². The molecule has 2 aliphatic carbocycles. The van der Waals surface area contributed by atoms with E-state index in [9.17, 15) is 19.2 Å². The number of fused-ring (bicyclic) bond motifs is 5. The largest absolute Gasteiger partial charge is 0.454 e. The third kappa shape index (κ3) is 3.70. The average Bonchev–Trinajstić information content (AvgIpc) is 3.34. The normalized spacial score (nSPS) is 31.8. The maximum absolute atomic E-state index is 12.8. The van der Waals surface area contributed by atoms with E-state index in [1.807, 2.05) is 19.1 Å². The molecule has 2 saturated carbocycles. The van der Waals surface area contributed by atoms with Crippen LogP contribution in [0.5, 0.6) is 0 Å². The van der Waals surface area contributed by atoms with E-state index in [1.54, 1.807) is 12.1 Å². The summed E-state index contributed by atoms with van der Waals surface area (Å²) in [5.41, 5.74) is 1.75. The van der Waals surface area contributed by atoms with Gasteiger partial charge in [0.1, 0.15) is 6.54 Å². The van der Waals surface area contributed by atoms with E-state index in [2.05, 4.69) is 37.2 Å². The number of amides is 3. The van der Waals surface area contributed by atoms with Crippen LogP contribution in [0.2, 0.25) is 0 Å². The zero-order valence-electron chi connectivity index (χ0n) is 16.3. The van der Waals surface area contributed by atoms with Crippen molar-refractivity contribution in [2.45, 2.75) is 29.4 Å². The van der Waals surface area contributed by atoms with Crippen LogP contribution in [0.15, 0.2) is 24.3 Å². The molecule has 1 heterocycles. The molecule has 1 saturated heterocycles. The van der Waals surface area contributed by atoms with Crippen LogP contribution >= 0.6 is 31.9 Å². The number of nitrogens with one attached hydrogen (secondary N) is 1. The third-order valence-electron chi connectivity index (χ3n) is 6.38. The third-order valence-corrected chi connectivity index (χ3v) is 9.58. The highest BCUT2D eigenvalue weighted by Crippen LogP contribution is 2.60. The molecule has 0 aromatic heterocycles. The monoisotopic (exact) mass is 540 g/mol. The van der Waals surface area contributed by atoms with Crippen molar-refractivity contribution in [3.8, 4) is 0 Å². The number of carbonyl (C=O) groups is 4. The van der Waals surface area contributed by atoms with E-state index < -0.39 is 25.0 Å². The van der Waals surface area contributed by atoms with E-state index >= 15 is 0 Å². The summed E-state index contributed by atoms with van der Waals surface area (Å²) in [4.78, 5) is 51.1. The standard InChI is InChI=1S/C21H22Br2N2O5/c1-2-10-3-5-11(6-4-10)24-14(26)9-30-15(27)8-25-20(28)16-12-7-13(17(16)21(25)29)19(23)18(12)22/h3-6,12-13,16-19H,2,7-9H2,1H3,(H,24,26)/t12-,13-,16-,17+,18+,19+/m1/s1. The molecule has 9 heteroatoms. The molecule has 0 spiro atoms. The van der Waals surface area contributed by atoms with Crippen LogP contribution in [0.3, 0.4) is 0 Å². The quantitative estimate of drug-likeness (QED) is 0.339. The Kier molecular flexibility index (Phi) is 6.03. The van der Waals surface area contributed by atoms with Crippen molar-refractivity contribution in [3.63, 3.8) is 0 Å². The molecule has 1 N–H and O–H groups in total. The summed E-state index contributed by atoms with van der Waals surface area (Å²) < 4.78 is 5.00. The summed E-state index contributed by atoms with van der Waals surface area (Å²) >= 11 is 7.25. The number of anilines is 1. The number of nitrogens with zero attached hydrogens (tertiary/aromatic N) is 1. The lowest BCUT2D eigenvalue weighted by Gasteiger charge is -2.28. The van der Waals surface area contributed by atoms with E-state index in [1.165, 1.54) is 0 Å². The van der Waals surface area contributed by atoms with Crippen LogP contribution in [-0.4, -0.2) is 51.4 Å². The van der Waals surface area contributed by atoms with Gasteiger partial charge in [0.15, 0.2) is 6.61 Å². The number of hydrogen-bond acceptors (Lipinski definition) is 5. The van der Waals surface area contributed by atoms with Crippen molar-refractivity contribution < 1.29 is 23.9 Å². The van der Waals surface area contributed by atoms with Gasteiger partial charge in [-0.1, -0.05) is 50.9 Å². The van der Waals surface area contributed by atoms with Gasteiger partial charge in [-0.15, -0.1) is 0 Å². The van der Waals surface area contributed by atoms with E-state index in [4.69, 9.17) is 4.74 Å². The molecule has 4 rings (SSSR count). The Hall–Kier alpha value is -1.74. The number of alkyl halides is 2. The lowest BCUT2D eigenvalue weighted by atomic mass is 9.81. The minimum absolute atomic E-state index is 0.0896. The molecule has 6 atom stereocenters. The topological polar surface area (TPSA) is 92.8 Å². The molecular weight excluding hydrogens is 520 g/mol. The van der Waals surface area contributed by atoms with E-state index in [0.717, 1.165) is 23.3 Å². The highest BCUT2D eigenvalue weighted by Gasteiger charge is 2.66. The van der Waals surface area contributed by atoms with Crippen LogP contribution in [0.4, 0.5) is 5.69 Å². The fourth-order valence-corrected chi connectivity index (χ4v) is 6.78. The van der Waals surface area contributed by atoms with Crippen LogP contribution in [0, 0.1) is 23.7 Å². The van der Waals surface area contributed by atoms with Gasteiger partial charge >= 0.3 is 5.97 Å². The number of aryl methyl sites for hydroxylation is 1. The van der Waals surface area contributed by atoms with Crippen LogP contribution in [0.1, 0.15) is 18.9 Å². The Labute approximate surface area is 191 Å². The number of halogens is 2. The van der Waals surface area contributed by atoms with Crippen molar-refractivity contribution in [2.24, 2.45) is 23.7 Å². The molecule has 30 heavy (non-hydrogen) atoms. The van der Waals surface area contributed by atoms with Gasteiger partial charge in [-0.05, 0) is 42.4 Å². The molecule has 160 valence electrons. The number of imide groups is 1. The predicted octanol–water partition coefficient (Wildman–Crippen LogP) is 2.51. The molecule has 3 fully saturated rings. The van der Waals surface area contributed by atoms with Gasteiger partial charge in [-0.2, -0.15) is 0 Å². The molecule has 0 radical (unpaired) electrons. The van der Waals surface area contributed by atoms with Gasteiger partial charge in [0.05, 0.1) is 11.8 Å². The average molecular weight is 542 g/mol. The van der Waals surface area contributed by atoms with Gasteiger partial charge in [0.2, 0.25) is 11.8 Å². The van der Waals surface area contributed by atoms with Crippen LogP contribution < -0.4 is 5.32 Å². The highest BCUT2D eigenvalue weighted by molar-refractivity contribution is 9.12. The van der Waals surface area contributed by atoms with Crippen molar-refractivity contribution in [3.05, 3.63) is 29.8 Å². The van der Waals surface area contributed by atoms with Crippen molar-refractivity contribution in [2.75, 3.05) is 18.5 Å². The Bertz CT molecular complexity index is 858. The molecule has 1 aromatic carbocycles. The summed E-state index contributed by atoms with van der Waals surface area (Å²) in [7, 11) is 0. The van der Waals surface area contributed by atoms with Crippen LogP contribution in [0.25, 0.3) is 0 Å². The lowest BCUT2D eigenvalue weighted by Crippen LogP contribution is -2.38. The second kappa shape index (κ2) is 8.42. The second-order valence-corrected chi connectivity index (χ2v) is 10.1. The van der Waals surface area contributed by atoms with Gasteiger partial charge in [-0.25, -0.2) is 0 Å². The fourth-order valence-electron chi connectivity index (χ4n) is 4.91. The smallest absolute Gasteiger partial charge is 0.326 e. The fraction of sp³-hybridized carbons (Fsp3) is 0.524. The molecule has 7 nitrogen and oxygen atoms in total. The van der Waals surface area contributed by atoms with Gasteiger partial charge < -0.3 is 10.1 Å². The first kappa shape index (κ1) is 21.5. The van der Waals surface area contributed by atoms with Crippen LogP contribution in [-0.2, 0) is 30.3 Å². The first-order valence-corrected chi connectivity index (χ1v) is 11.8. The number of benzene rings is 1. The number of rotatable bonds is 6. The Morgan fingerprint density at radius 2 is 1.63 bits per heavy atom. The summed E-state index contributed by atoms with van der Waals surface area (Å²) in [5.74, 6) is -2.43. The summed E-state index contributed by atoms with van der Waals surface area (Å²) in [6.07, 6.45) is 1.73. The van der Waals surface area contributed by atoms with Gasteiger partial charge in [0, 0.05) is 15.3 Å². The zero-order chi connectivity index (χ0) is 21.6. The SMILES string of the molecule is CCc1ccc(NC(=O)COC(=O)CN2C(=O)[C@@H]3[C@H]4C[C@@H]([C@H](Br)[C@H]4Br)[C@@H]3C2=O)cc1. The van der Waals surface area contributed by atoms with Gasteiger partial charge in [-0.3, -0.25) is 24.1 Å². The van der Waals surface area contributed by atoms with E-state index in [-0.39, 0.29) is 45.1 Å². The number of carbonyl (C=O) groups excluding carboxylic acids is 4. The Morgan fingerprint density at radius 1 is 1.07 bits per heavy atom. The number of ether oxygens (including phenoxy) is 1. The van der Waals surface area contributed by atoms with E-state index in [0.29, 0.717) is 5.69 Å². The molecule has 2 bridgehead atoms. The molecule has 3 aliphatic rings. The molecule has 0 unspecified atom stereocenters. The summed E-state index contributed by atoms with van der Waals surface area (Å²) in [5, 5.41) is 2.65.